The van der Waals surface area contributed by atoms with Crippen LogP contribution >= 0.6 is 0 Å². The summed E-state index contributed by atoms with van der Waals surface area (Å²) < 4.78 is 41.8. The van der Waals surface area contributed by atoms with Crippen molar-refractivity contribution in [3.05, 3.63) is 29.8 Å². The highest BCUT2D eigenvalue weighted by Gasteiger charge is 2.32. The molecule has 0 bridgehead atoms. The minimum Gasteiger partial charge on any atom is -0.484 e. The molecular weight excluding hydrogens is 273 g/mol. The number of carbonyl (C=O) groups is 1. The molecule has 0 fully saturated rings. The third-order valence-electron chi connectivity index (χ3n) is 2.45. The van der Waals surface area contributed by atoms with E-state index in [4.69, 9.17) is 10.00 Å². The topological polar surface area (TPSA) is 53.3 Å². The van der Waals surface area contributed by atoms with Gasteiger partial charge in [-0.2, -0.15) is 18.4 Å². The van der Waals surface area contributed by atoms with Gasteiger partial charge in [0.25, 0.3) is 5.91 Å². The maximum atomic E-state index is 12.2. The van der Waals surface area contributed by atoms with Gasteiger partial charge in [0.1, 0.15) is 12.3 Å². The molecule has 0 heterocycles. The van der Waals surface area contributed by atoms with E-state index < -0.39 is 25.2 Å². The number of nitrogens with zero attached hydrogens (tertiary/aromatic N) is 2. The number of rotatable bonds is 5. The summed E-state index contributed by atoms with van der Waals surface area (Å²) in [5.74, 6) is -0.422. The zero-order chi connectivity index (χ0) is 15.2. The molecule has 20 heavy (non-hydrogen) atoms. The number of carbonyl (C=O) groups excluding carboxylic acids is 1. The number of alkyl halides is 3. The summed E-state index contributed by atoms with van der Waals surface area (Å²) >= 11 is 0. The van der Waals surface area contributed by atoms with Gasteiger partial charge in [-0.3, -0.25) is 4.79 Å². The van der Waals surface area contributed by atoms with E-state index in [1.807, 2.05) is 6.07 Å². The molecule has 0 aliphatic carbocycles. The second-order valence-corrected chi connectivity index (χ2v) is 3.95. The van der Waals surface area contributed by atoms with E-state index in [9.17, 15) is 18.0 Å². The SMILES string of the molecule is CCN(CC(F)(F)F)C(=O)COc1ccc(C#N)cc1. The van der Waals surface area contributed by atoms with Gasteiger partial charge in [-0.05, 0) is 31.2 Å². The van der Waals surface area contributed by atoms with Gasteiger partial charge in [0.2, 0.25) is 0 Å². The normalized spacial score (nSPS) is 10.8. The zero-order valence-corrected chi connectivity index (χ0v) is 10.8. The molecule has 0 aromatic heterocycles. The number of amides is 1. The van der Waals surface area contributed by atoms with E-state index in [-0.39, 0.29) is 6.54 Å². The van der Waals surface area contributed by atoms with Crippen molar-refractivity contribution in [3.8, 4) is 11.8 Å². The first kappa shape index (κ1) is 15.8. The van der Waals surface area contributed by atoms with Gasteiger partial charge in [0.15, 0.2) is 6.61 Å². The van der Waals surface area contributed by atoms with Crippen LogP contribution in [0.5, 0.6) is 5.75 Å². The van der Waals surface area contributed by atoms with Crippen molar-refractivity contribution in [1.82, 2.24) is 4.90 Å². The second-order valence-electron chi connectivity index (χ2n) is 3.95. The van der Waals surface area contributed by atoms with Crippen LogP contribution in [0.25, 0.3) is 0 Å². The molecule has 0 aliphatic heterocycles. The van der Waals surface area contributed by atoms with Crippen molar-refractivity contribution in [2.75, 3.05) is 19.7 Å². The molecule has 0 radical (unpaired) electrons. The molecule has 0 spiro atoms. The fraction of sp³-hybridized carbons (Fsp3) is 0.385. The first-order chi connectivity index (χ1) is 9.35. The summed E-state index contributed by atoms with van der Waals surface area (Å²) in [5, 5.41) is 8.60. The van der Waals surface area contributed by atoms with E-state index in [1.54, 1.807) is 0 Å². The van der Waals surface area contributed by atoms with E-state index in [1.165, 1.54) is 31.2 Å². The van der Waals surface area contributed by atoms with Gasteiger partial charge in [-0.25, -0.2) is 0 Å². The Hall–Kier alpha value is -2.23. The van der Waals surface area contributed by atoms with Crippen LogP contribution in [0.15, 0.2) is 24.3 Å². The smallest absolute Gasteiger partial charge is 0.406 e. The monoisotopic (exact) mass is 286 g/mol. The molecule has 0 atom stereocenters. The van der Waals surface area contributed by atoms with Crippen LogP contribution in [0.4, 0.5) is 13.2 Å². The zero-order valence-electron chi connectivity index (χ0n) is 10.8. The predicted octanol–water partition coefficient (Wildman–Crippen LogP) is 2.35. The van der Waals surface area contributed by atoms with Crippen molar-refractivity contribution in [3.63, 3.8) is 0 Å². The maximum Gasteiger partial charge on any atom is 0.406 e. The molecule has 0 aliphatic rings. The number of ether oxygens (including phenoxy) is 1. The minimum absolute atomic E-state index is 0.0466. The largest absolute Gasteiger partial charge is 0.484 e. The molecule has 1 aromatic carbocycles. The molecule has 0 unspecified atom stereocenters. The van der Waals surface area contributed by atoms with Crippen molar-refractivity contribution in [2.45, 2.75) is 13.1 Å². The molecule has 0 saturated carbocycles. The van der Waals surface area contributed by atoms with Crippen LogP contribution in [-0.2, 0) is 4.79 Å². The average Bonchev–Trinajstić information content (AvgIpc) is 2.41. The summed E-state index contributed by atoms with van der Waals surface area (Å²) in [4.78, 5) is 12.3. The van der Waals surface area contributed by atoms with Gasteiger partial charge < -0.3 is 9.64 Å². The van der Waals surface area contributed by atoms with E-state index >= 15 is 0 Å². The molecule has 0 saturated heterocycles. The first-order valence-corrected chi connectivity index (χ1v) is 5.83. The molecular formula is C13H13F3N2O2. The Kier molecular flexibility index (Phi) is 5.38. The van der Waals surface area contributed by atoms with Crippen LogP contribution in [0.3, 0.4) is 0 Å². The van der Waals surface area contributed by atoms with Crippen LogP contribution in [-0.4, -0.2) is 36.7 Å². The van der Waals surface area contributed by atoms with Crippen LogP contribution in [0, 0.1) is 11.3 Å². The van der Waals surface area contributed by atoms with Crippen LogP contribution in [0.2, 0.25) is 0 Å². The van der Waals surface area contributed by atoms with Gasteiger partial charge in [0.05, 0.1) is 11.6 Å². The second kappa shape index (κ2) is 6.80. The van der Waals surface area contributed by atoms with Crippen LogP contribution in [0.1, 0.15) is 12.5 Å². The van der Waals surface area contributed by atoms with E-state index in [2.05, 4.69) is 0 Å². The van der Waals surface area contributed by atoms with Gasteiger partial charge in [0, 0.05) is 6.54 Å². The standard InChI is InChI=1S/C13H13F3N2O2/c1-2-18(9-13(14,15)16)12(19)8-20-11-5-3-10(7-17)4-6-11/h3-6H,2,8-9H2,1H3. The quantitative estimate of drug-likeness (QED) is 0.835. The predicted molar refractivity (Wildman–Crippen MR) is 65.0 cm³/mol. The highest BCUT2D eigenvalue weighted by atomic mass is 19.4. The van der Waals surface area contributed by atoms with Gasteiger partial charge in [-0.1, -0.05) is 0 Å². The lowest BCUT2D eigenvalue weighted by Crippen LogP contribution is -2.41. The minimum atomic E-state index is -4.43. The Morgan fingerprint density at radius 3 is 2.40 bits per heavy atom. The van der Waals surface area contributed by atoms with E-state index in [0.717, 1.165) is 0 Å². The Balaban J connectivity index is 2.54. The molecule has 108 valence electrons. The Morgan fingerprint density at radius 1 is 1.35 bits per heavy atom. The summed E-state index contributed by atoms with van der Waals surface area (Å²) in [6.07, 6.45) is -4.43. The third kappa shape index (κ3) is 5.18. The first-order valence-electron chi connectivity index (χ1n) is 5.83. The Bertz CT molecular complexity index is 492. The van der Waals surface area contributed by atoms with Gasteiger partial charge >= 0.3 is 6.18 Å². The lowest BCUT2D eigenvalue weighted by Gasteiger charge is -2.22. The third-order valence-corrected chi connectivity index (χ3v) is 2.45. The van der Waals surface area contributed by atoms with E-state index in [0.29, 0.717) is 16.2 Å². The number of nitriles is 1. The van der Waals surface area contributed by atoms with Gasteiger partial charge in [-0.15, -0.1) is 0 Å². The van der Waals surface area contributed by atoms with Crippen molar-refractivity contribution in [1.29, 1.82) is 5.26 Å². The average molecular weight is 286 g/mol. The van der Waals surface area contributed by atoms with Crippen molar-refractivity contribution in [2.24, 2.45) is 0 Å². The summed E-state index contributed by atoms with van der Waals surface area (Å²) in [7, 11) is 0. The molecule has 1 amide bonds. The lowest BCUT2D eigenvalue weighted by molar-refractivity contribution is -0.161. The Morgan fingerprint density at radius 2 is 1.95 bits per heavy atom. The fourth-order valence-corrected chi connectivity index (χ4v) is 1.45. The molecule has 7 heteroatoms. The lowest BCUT2D eigenvalue weighted by atomic mass is 10.2. The highest BCUT2D eigenvalue weighted by molar-refractivity contribution is 5.77. The molecule has 4 nitrogen and oxygen atoms in total. The number of benzene rings is 1. The molecule has 1 aromatic rings. The fourth-order valence-electron chi connectivity index (χ4n) is 1.45. The van der Waals surface area contributed by atoms with Crippen molar-refractivity contribution >= 4 is 5.91 Å². The molecule has 1 rings (SSSR count). The Labute approximate surface area is 114 Å². The number of hydrogen-bond donors (Lipinski definition) is 0. The summed E-state index contributed by atoms with van der Waals surface area (Å²) in [5.41, 5.74) is 0.427. The maximum absolute atomic E-state index is 12.2. The van der Waals surface area contributed by atoms with Crippen LogP contribution < -0.4 is 4.74 Å². The molecule has 0 N–H and O–H groups in total. The summed E-state index contributed by atoms with van der Waals surface area (Å²) in [6, 6.07) is 7.86. The number of likely N-dealkylation sites (N-methyl/N-ethyl adjacent to an activating group) is 1. The highest BCUT2D eigenvalue weighted by Crippen LogP contribution is 2.17. The number of hydrogen-bond acceptors (Lipinski definition) is 3. The summed E-state index contributed by atoms with van der Waals surface area (Å²) in [6.45, 7) is -0.352. The number of halogens is 3. The van der Waals surface area contributed by atoms with Crippen molar-refractivity contribution < 1.29 is 22.7 Å².